The predicted molar refractivity (Wildman–Crippen MR) is 47.2 cm³/mol. The van der Waals surface area contributed by atoms with E-state index in [4.69, 9.17) is 11.0 Å². The second-order valence-corrected chi connectivity index (χ2v) is 3.07. The summed E-state index contributed by atoms with van der Waals surface area (Å²) >= 11 is 1.49. The van der Waals surface area contributed by atoms with Crippen molar-refractivity contribution in [3.05, 3.63) is 24.3 Å². The molecule has 1 aromatic rings. The van der Waals surface area contributed by atoms with Crippen molar-refractivity contribution < 1.29 is 0 Å². The number of rotatable bonds is 2. The second-order valence-electron chi connectivity index (χ2n) is 2.02. The number of nitriles is 1. The maximum Gasteiger partial charge on any atom is 0.0855 e. The van der Waals surface area contributed by atoms with Crippen LogP contribution in [0.4, 0.5) is 5.69 Å². The SMILES string of the molecule is N#CCSc1cccc(N)c1. The van der Waals surface area contributed by atoms with Crippen LogP contribution >= 0.6 is 11.8 Å². The molecule has 0 aromatic heterocycles. The average molecular weight is 164 g/mol. The van der Waals surface area contributed by atoms with Gasteiger partial charge >= 0.3 is 0 Å². The lowest BCUT2D eigenvalue weighted by molar-refractivity contribution is 1.45. The van der Waals surface area contributed by atoms with Crippen molar-refractivity contribution in [1.82, 2.24) is 0 Å². The minimum Gasteiger partial charge on any atom is -0.399 e. The van der Waals surface area contributed by atoms with Gasteiger partial charge in [-0.25, -0.2) is 0 Å². The van der Waals surface area contributed by atoms with Crippen molar-refractivity contribution in [2.45, 2.75) is 4.90 Å². The van der Waals surface area contributed by atoms with E-state index >= 15 is 0 Å². The standard InChI is InChI=1S/C8H8N2S/c9-4-5-11-8-3-1-2-7(10)6-8/h1-3,6H,5,10H2. The first-order valence-electron chi connectivity index (χ1n) is 3.18. The summed E-state index contributed by atoms with van der Waals surface area (Å²) in [6.07, 6.45) is 0. The van der Waals surface area contributed by atoms with Crippen LogP contribution in [0.25, 0.3) is 0 Å². The molecule has 56 valence electrons. The Morgan fingerprint density at radius 3 is 3.00 bits per heavy atom. The van der Waals surface area contributed by atoms with Gasteiger partial charge in [-0.05, 0) is 18.2 Å². The Morgan fingerprint density at radius 1 is 1.55 bits per heavy atom. The lowest BCUT2D eigenvalue weighted by Crippen LogP contribution is -1.83. The molecular formula is C8H8N2S. The van der Waals surface area contributed by atoms with Gasteiger partial charge in [-0.3, -0.25) is 0 Å². The molecular weight excluding hydrogens is 156 g/mol. The highest BCUT2D eigenvalue weighted by Gasteiger charge is 1.91. The summed E-state index contributed by atoms with van der Waals surface area (Å²) in [5, 5.41) is 8.29. The monoisotopic (exact) mass is 164 g/mol. The fraction of sp³-hybridized carbons (Fsp3) is 0.125. The third-order valence-electron chi connectivity index (χ3n) is 1.16. The molecule has 0 aliphatic carbocycles. The number of nitrogens with two attached hydrogens (primary N) is 1. The molecule has 2 N–H and O–H groups in total. The number of nitrogen functional groups attached to an aromatic ring is 1. The lowest BCUT2D eigenvalue weighted by Gasteiger charge is -1.96. The maximum atomic E-state index is 8.29. The molecule has 0 fully saturated rings. The summed E-state index contributed by atoms with van der Waals surface area (Å²) in [5.41, 5.74) is 6.28. The molecule has 0 aliphatic rings. The molecule has 2 nitrogen and oxygen atoms in total. The van der Waals surface area contributed by atoms with Crippen LogP contribution in [0, 0.1) is 11.3 Å². The number of benzene rings is 1. The van der Waals surface area contributed by atoms with Crippen molar-refractivity contribution in [1.29, 1.82) is 5.26 Å². The van der Waals surface area contributed by atoms with Crippen LogP contribution in [0.5, 0.6) is 0 Å². The zero-order chi connectivity index (χ0) is 8.10. The summed E-state index contributed by atoms with van der Waals surface area (Å²) < 4.78 is 0. The third-order valence-corrected chi connectivity index (χ3v) is 2.02. The molecule has 11 heavy (non-hydrogen) atoms. The zero-order valence-electron chi connectivity index (χ0n) is 5.95. The molecule has 0 heterocycles. The van der Waals surface area contributed by atoms with Gasteiger partial charge in [0.15, 0.2) is 0 Å². The van der Waals surface area contributed by atoms with Crippen molar-refractivity contribution in [3.8, 4) is 6.07 Å². The summed E-state index contributed by atoms with van der Waals surface area (Å²) in [6.45, 7) is 0. The Labute approximate surface area is 70.0 Å². The quantitative estimate of drug-likeness (QED) is 0.536. The minimum atomic E-state index is 0.476. The van der Waals surface area contributed by atoms with Gasteiger partial charge in [-0.15, -0.1) is 11.8 Å². The summed E-state index contributed by atoms with van der Waals surface area (Å²) in [5.74, 6) is 0.476. The van der Waals surface area contributed by atoms with Crippen LogP contribution < -0.4 is 5.73 Å². The highest BCUT2D eigenvalue weighted by Crippen LogP contribution is 2.18. The first-order chi connectivity index (χ1) is 5.33. The van der Waals surface area contributed by atoms with Crippen LogP contribution in [0.2, 0.25) is 0 Å². The molecule has 0 aliphatic heterocycles. The molecule has 0 saturated carbocycles. The van der Waals surface area contributed by atoms with Crippen molar-refractivity contribution in [2.24, 2.45) is 0 Å². The fourth-order valence-corrected chi connectivity index (χ4v) is 1.35. The molecule has 0 saturated heterocycles. The number of nitrogens with zero attached hydrogens (tertiary/aromatic N) is 1. The Balaban J connectivity index is 2.65. The molecule has 0 radical (unpaired) electrons. The van der Waals surface area contributed by atoms with Crippen LogP contribution in [-0.4, -0.2) is 5.75 Å². The summed E-state index contributed by atoms with van der Waals surface area (Å²) in [4.78, 5) is 1.05. The molecule has 1 rings (SSSR count). The molecule has 0 atom stereocenters. The maximum absolute atomic E-state index is 8.29. The first-order valence-corrected chi connectivity index (χ1v) is 4.17. The zero-order valence-corrected chi connectivity index (χ0v) is 6.77. The molecule has 1 aromatic carbocycles. The Kier molecular flexibility index (Phi) is 2.82. The van der Waals surface area contributed by atoms with Gasteiger partial charge in [-0.1, -0.05) is 6.07 Å². The Morgan fingerprint density at radius 2 is 2.36 bits per heavy atom. The fourth-order valence-electron chi connectivity index (χ4n) is 0.720. The van der Waals surface area contributed by atoms with Crippen LogP contribution in [-0.2, 0) is 0 Å². The van der Waals surface area contributed by atoms with Gasteiger partial charge < -0.3 is 5.73 Å². The predicted octanol–water partition coefficient (Wildman–Crippen LogP) is 1.88. The van der Waals surface area contributed by atoms with E-state index in [9.17, 15) is 0 Å². The second kappa shape index (κ2) is 3.89. The van der Waals surface area contributed by atoms with E-state index in [1.807, 2.05) is 24.3 Å². The molecule has 3 heteroatoms. The van der Waals surface area contributed by atoms with Crippen LogP contribution in [0.1, 0.15) is 0 Å². The number of hydrogen-bond acceptors (Lipinski definition) is 3. The van der Waals surface area contributed by atoms with E-state index in [2.05, 4.69) is 6.07 Å². The summed E-state index contributed by atoms with van der Waals surface area (Å²) in [7, 11) is 0. The van der Waals surface area contributed by atoms with E-state index in [0.717, 1.165) is 10.6 Å². The van der Waals surface area contributed by atoms with Gasteiger partial charge in [0.05, 0.1) is 11.8 Å². The molecule has 0 amide bonds. The Hall–Kier alpha value is -1.14. The van der Waals surface area contributed by atoms with Crippen LogP contribution in [0.15, 0.2) is 29.2 Å². The number of anilines is 1. The lowest BCUT2D eigenvalue weighted by atomic mass is 10.3. The van der Waals surface area contributed by atoms with E-state index in [-0.39, 0.29) is 0 Å². The van der Waals surface area contributed by atoms with Crippen LogP contribution in [0.3, 0.4) is 0 Å². The van der Waals surface area contributed by atoms with E-state index in [0.29, 0.717) is 5.75 Å². The minimum absolute atomic E-state index is 0.476. The average Bonchev–Trinajstić information content (AvgIpc) is 2.01. The van der Waals surface area contributed by atoms with Crippen molar-refractivity contribution in [3.63, 3.8) is 0 Å². The summed E-state index contributed by atoms with van der Waals surface area (Å²) in [6, 6.07) is 9.58. The smallest absolute Gasteiger partial charge is 0.0855 e. The van der Waals surface area contributed by atoms with Gasteiger partial charge in [0.25, 0.3) is 0 Å². The first kappa shape index (κ1) is 7.96. The van der Waals surface area contributed by atoms with Crippen molar-refractivity contribution in [2.75, 3.05) is 11.5 Å². The van der Waals surface area contributed by atoms with Gasteiger partial charge in [-0.2, -0.15) is 5.26 Å². The topological polar surface area (TPSA) is 49.8 Å². The molecule has 0 spiro atoms. The van der Waals surface area contributed by atoms with E-state index in [1.54, 1.807) is 0 Å². The highest BCUT2D eigenvalue weighted by molar-refractivity contribution is 7.99. The third kappa shape index (κ3) is 2.52. The molecule has 0 bridgehead atoms. The number of hydrogen-bond donors (Lipinski definition) is 1. The number of thioether (sulfide) groups is 1. The van der Waals surface area contributed by atoms with E-state index in [1.165, 1.54) is 11.8 Å². The van der Waals surface area contributed by atoms with Gasteiger partial charge in [0.1, 0.15) is 0 Å². The largest absolute Gasteiger partial charge is 0.399 e. The highest BCUT2D eigenvalue weighted by atomic mass is 32.2. The molecule has 0 unspecified atom stereocenters. The van der Waals surface area contributed by atoms with Crippen molar-refractivity contribution >= 4 is 17.4 Å². The Bertz CT molecular complexity index is 278. The van der Waals surface area contributed by atoms with Gasteiger partial charge in [0, 0.05) is 10.6 Å². The normalized spacial score (nSPS) is 9.00. The van der Waals surface area contributed by atoms with E-state index < -0.39 is 0 Å². The van der Waals surface area contributed by atoms with Gasteiger partial charge in [0.2, 0.25) is 0 Å².